The normalized spacial score (nSPS) is 18.0. The zero-order valence-corrected chi connectivity index (χ0v) is 15.2. The Hall–Kier alpha value is -3.81. The van der Waals surface area contributed by atoms with Crippen LogP contribution < -0.4 is 5.73 Å². The Bertz CT molecular complexity index is 1050. The van der Waals surface area contributed by atoms with E-state index in [0.29, 0.717) is 5.57 Å². The van der Waals surface area contributed by atoms with Gasteiger partial charge in [-0.3, -0.25) is 0 Å². The average Bonchev–Trinajstić information content (AvgIpc) is 2.69. The van der Waals surface area contributed by atoms with E-state index in [0.717, 1.165) is 22.3 Å². The molecule has 1 aliphatic rings. The van der Waals surface area contributed by atoms with E-state index in [1.807, 2.05) is 68.5 Å². The Morgan fingerprint density at radius 2 is 1.37 bits per heavy atom. The molecule has 27 heavy (non-hydrogen) atoms. The molecule has 1 aliphatic carbocycles. The van der Waals surface area contributed by atoms with E-state index in [-0.39, 0.29) is 11.3 Å². The van der Waals surface area contributed by atoms with Gasteiger partial charge in [-0.25, -0.2) is 0 Å². The highest BCUT2D eigenvalue weighted by Gasteiger charge is 2.47. The number of benzene rings is 2. The highest BCUT2D eigenvalue weighted by atomic mass is 14.7. The van der Waals surface area contributed by atoms with E-state index < -0.39 is 11.3 Å². The van der Waals surface area contributed by atoms with Crippen molar-refractivity contribution in [2.45, 2.75) is 19.8 Å². The van der Waals surface area contributed by atoms with Gasteiger partial charge in [0.2, 0.25) is 0 Å². The summed E-state index contributed by atoms with van der Waals surface area (Å²) < 4.78 is 0. The van der Waals surface area contributed by atoms with Gasteiger partial charge in [0.15, 0.2) is 5.41 Å². The monoisotopic (exact) mass is 350 g/mol. The Labute approximate surface area is 159 Å². The molecule has 0 bridgehead atoms. The summed E-state index contributed by atoms with van der Waals surface area (Å²) in [7, 11) is 0. The maximum atomic E-state index is 9.88. The number of rotatable bonds is 2. The first-order valence-corrected chi connectivity index (χ1v) is 8.55. The third-order valence-electron chi connectivity index (χ3n) is 5.03. The van der Waals surface area contributed by atoms with Crippen molar-refractivity contribution in [3.05, 3.63) is 88.1 Å². The largest absolute Gasteiger partial charge is 0.399 e. The van der Waals surface area contributed by atoms with Gasteiger partial charge in [-0.15, -0.1) is 0 Å². The minimum absolute atomic E-state index is 0.0126. The minimum atomic E-state index is -1.62. The molecule has 0 saturated heterocycles. The summed E-state index contributed by atoms with van der Waals surface area (Å²) in [6, 6.07) is 21.7. The Balaban J connectivity index is 2.29. The lowest BCUT2D eigenvalue weighted by atomic mass is 9.65. The van der Waals surface area contributed by atoms with Crippen molar-refractivity contribution < 1.29 is 0 Å². The molecule has 3 rings (SSSR count). The third kappa shape index (κ3) is 2.86. The summed E-state index contributed by atoms with van der Waals surface area (Å²) in [5.41, 5.74) is 9.34. The van der Waals surface area contributed by atoms with Crippen molar-refractivity contribution in [3.8, 4) is 18.2 Å². The summed E-state index contributed by atoms with van der Waals surface area (Å²) in [6.07, 6.45) is 1.83. The standard InChI is InChI=1S/C23H18N4/c1-15-3-7-17(8-4-15)19-11-21(18-9-5-16(2)6-10-18)23(13-25,14-26)22(27)20(19)12-24/h3-11,21H,27H2,1-2H3. The molecule has 0 aliphatic heterocycles. The highest BCUT2D eigenvalue weighted by molar-refractivity contribution is 5.87. The number of allylic oxidation sites excluding steroid dienone is 4. The minimum Gasteiger partial charge on any atom is -0.399 e. The number of nitriles is 3. The number of nitrogens with zero attached hydrogens (tertiary/aromatic N) is 3. The van der Waals surface area contributed by atoms with Gasteiger partial charge < -0.3 is 5.73 Å². The molecule has 2 aromatic rings. The molecular formula is C23H18N4. The molecule has 4 nitrogen and oxygen atoms in total. The van der Waals surface area contributed by atoms with Crippen molar-refractivity contribution in [2.75, 3.05) is 0 Å². The predicted molar refractivity (Wildman–Crippen MR) is 104 cm³/mol. The number of aryl methyl sites for hydroxylation is 2. The molecule has 0 radical (unpaired) electrons. The van der Waals surface area contributed by atoms with Crippen LogP contribution in [0.15, 0.2) is 65.9 Å². The SMILES string of the molecule is Cc1ccc(C2=CC(c3ccc(C)cc3)C(C#N)(C#N)C(N)=C2C#N)cc1. The van der Waals surface area contributed by atoms with E-state index in [1.54, 1.807) is 0 Å². The van der Waals surface area contributed by atoms with Crippen molar-refractivity contribution in [1.29, 1.82) is 15.8 Å². The Morgan fingerprint density at radius 1 is 0.852 bits per heavy atom. The van der Waals surface area contributed by atoms with Crippen LogP contribution >= 0.6 is 0 Å². The van der Waals surface area contributed by atoms with Crippen LogP contribution in [0, 0.1) is 53.3 Å². The molecule has 2 aromatic carbocycles. The molecule has 0 heterocycles. The first-order chi connectivity index (χ1) is 13.0. The van der Waals surface area contributed by atoms with Crippen LogP contribution in [-0.4, -0.2) is 0 Å². The van der Waals surface area contributed by atoms with Crippen LogP contribution in [0.5, 0.6) is 0 Å². The zero-order valence-electron chi connectivity index (χ0n) is 15.2. The molecule has 0 fully saturated rings. The molecule has 1 unspecified atom stereocenters. The number of hydrogen-bond donors (Lipinski definition) is 1. The first-order valence-electron chi connectivity index (χ1n) is 8.55. The molecule has 1 atom stereocenters. The summed E-state index contributed by atoms with van der Waals surface area (Å²) >= 11 is 0. The van der Waals surface area contributed by atoms with Gasteiger partial charge in [0.1, 0.15) is 6.07 Å². The van der Waals surface area contributed by atoms with Gasteiger partial charge in [0.05, 0.1) is 23.4 Å². The van der Waals surface area contributed by atoms with Crippen LogP contribution in [-0.2, 0) is 0 Å². The van der Waals surface area contributed by atoms with Gasteiger partial charge in [-0.2, -0.15) is 15.8 Å². The fraction of sp³-hybridized carbons (Fsp3) is 0.174. The van der Waals surface area contributed by atoms with E-state index in [4.69, 9.17) is 5.73 Å². The molecule has 130 valence electrons. The quantitative estimate of drug-likeness (QED) is 0.875. The average molecular weight is 350 g/mol. The molecular weight excluding hydrogens is 332 g/mol. The smallest absolute Gasteiger partial charge is 0.194 e. The van der Waals surface area contributed by atoms with Gasteiger partial charge in [0, 0.05) is 5.92 Å². The summed E-state index contributed by atoms with van der Waals surface area (Å²) in [5, 5.41) is 29.5. The van der Waals surface area contributed by atoms with Crippen LogP contribution in [0.4, 0.5) is 0 Å². The Morgan fingerprint density at radius 3 is 1.85 bits per heavy atom. The van der Waals surface area contributed by atoms with Crippen LogP contribution in [0.2, 0.25) is 0 Å². The first kappa shape index (κ1) is 18.0. The third-order valence-corrected chi connectivity index (χ3v) is 5.03. The fourth-order valence-corrected chi connectivity index (χ4v) is 3.38. The van der Waals surface area contributed by atoms with Crippen molar-refractivity contribution in [2.24, 2.45) is 11.1 Å². The second-order valence-electron chi connectivity index (χ2n) is 6.77. The second kappa shape index (κ2) is 6.83. The van der Waals surface area contributed by atoms with Gasteiger partial charge in [-0.1, -0.05) is 65.7 Å². The van der Waals surface area contributed by atoms with E-state index in [1.165, 1.54) is 0 Å². The summed E-state index contributed by atoms with van der Waals surface area (Å²) in [4.78, 5) is 0. The second-order valence-corrected chi connectivity index (χ2v) is 6.77. The highest BCUT2D eigenvalue weighted by Crippen LogP contribution is 2.48. The molecule has 0 aromatic heterocycles. The molecule has 2 N–H and O–H groups in total. The fourth-order valence-electron chi connectivity index (χ4n) is 3.38. The molecule has 0 spiro atoms. The maximum absolute atomic E-state index is 9.88. The topological polar surface area (TPSA) is 97.4 Å². The van der Waals surface area contributed by atoms with Gasteiger partial charge in [0.25, 0.3) is 0 Å². The maximum Gasteiger partial charge on any atom is 0.194 e. The van der Waals surface area contributed by atoms with Crippen LogP contribution in [0.1, 0.15) is 28.2 Å². The predicted octanol–water partition coefficient (Wildman–Crippen LogP) is 4.25. The number of hydrogen-bond acceptors (Lipinski definition) is 4. The summed E-state index contributed by atoms with van der Waals surface area (Å²) in [5.74, 6) is -0.568. The lowest BCUT2D eigenvalue weighted by Crippen LogP contribution is -2.35. The number of nitrogens with two attached hydrogens (primary N) is 1. The summed E-state index contributed by atoms with van der Waals surface area (Å²) in [6.45, 7) is 3.96. The van der Waals surface area contributed by atoms with E-state index >= 15 is 0 Å². The lowest BCUT2D eigenvalue weighted by Gasteiger charge is -2.33. The van der Waals surface area contributed by atoms with Gasteiger partial charge in [-0.05, 0) is 30.5 Å². The van der Waals surface area contributed by atoms with E-state index in [2.05, 4.69) is 18.2 Å². The van der Waals surface area contributed by atoms with Gasteiger partial charge >= 0.3 is 0 Å². The van der Waals surface area contributed by atoms with Crippen LogP contribution in [0.3, 0.4) is 0 Å². The molecule has 0 amide bonds. The molecule has 4 heteroatoms. The van der Waals surface area contributed by atoms with Crippen LogP contribution in [0.25, 0.3) is 5.57 Å². The van der Waals surface area contributed by atoms with E-state index in [9.17, 15) is 15.8 Å². The van der Waals surface area contributed by atoms with Crippen molar-refractivity contribution in [1.82, 2.24) is 0 Å². The lowest BCUT2D eigenvalue weighted by molar-refractivity contribution is 0.534. The van der Waals surface area contributed by atoms with Crippen molar-refractivity contribution >= 4 is 5.57 Å². The Kier molecular flexibility index (Phi) is 4.55. The molecule has 0 saturated carbocycles. The zero-order chi connectivity index (χ0) is 19.6. The van der Waals surface area contributed by atoms with Crippen molar-refractivity contribution in [3.63, 3.8) is 0 Å².